The summed E-state index contributed by atoms with van der Waals surface area (Å²) < 4.78 is 17.6. The molecule has 9 heteroatoms. The van der Waals surface area contributed by atoms with Crippen LogP contribution >= 0.6 is 31.9 Å². The van der Waals surface area contributed by atoms with E-state index in [0.29, 0.717) is 26.0 Å². The minimum Gasteiger partial charge on any atom is -0.503 e. The number of amides is 1. The fourth-order valence-corrected chi connectivity index (χ4v) is 3.81. The van der Waals surface area contributed by atoms with Crippen molar-refractivity contribution in [2.45, 2.75) is 6.10 Å². The Morgan fingerprint density at radius 3 is 2.60 bits per heavy atom. The van der Waals surface area contributed by atoms with Crippen LogP contribution in [0.4, 0.5) is 0 Å². The van der Waals surface area contributed by atoms with Crippen molar-refractivity contribution in [3.8, 4) is 23.0 Å². The summed E-state index contributed by atoms with van der Waals surface area (Å²) in [5.74, 6) is 0.909. The lowest BCUT2D eigenvalue weighted by molar-refractivity contribution is -0.130. The van der Waals surface area contributed by atoms with Gasteiger partial charge in [-0.2, -0.15) is 5.10 Å². The molecule has 1 aliphatic rings. The lowest BCUT2D eigenvalue weighted by atomic mass is 10.1. The molecule has 0 aromatic heterocycles. The van der Waals surface area contributed by atoms with Crippen molar-refractivity contribution in [2.24, 2.45) is 5.10 Å². The zero-order chi connectivity index (χ0) is 21.3. The number of ether oxygens (including phenoxy) is 3. The molecule has 1 heterocycles. The Labute approximate surface area is 188 Å². The minimum absolute atomic E-state index is 0.0375. The number of fused-ring (bicyclic) bond motifs is 2. The number of carbonyl (C=O) groups excluding carboxylic acids is 1. The fraction of sp³-hybridized carbons (Fsp3) is 0.143. The number of benzene rings is 3. The molecule has 2 N–H and O–H groups in total. The largest absolute Gasteiger partial charge is 0.503 e. The van der Waals surface area contributed by atoms with Crippen LogP contribution in [0.2, 0.25) is 0 Å². The Bertz CT molecular complexity index is 1170. The number of carbonyl (C=O) groups is 1. The van der Waals surface area contributed by atoms with E-state index in [-0.39, 0.29) is 18.1 Å². The van der Waals surface area contributed by atoms with E-state index in [9.17, 15) is 9.90 Å². The van der Waals surface area contributed by atoms with Gasteiger partial charge in [0.05, 0.1) is 17.8 Å². The molecule has 7 nitrogen and oxygen atoms in total. The van der Waals surface area contributed by atoms with Gasteiger partial charge in [0.2, 0.25) is 6.10 Å². The Hall–Kier alpha value is -2.78. The van der Waals surface area contributed by atoms with Crippen LogP contribution in [0.15, 0.2) is 56.5 Å². The maximum absolute atomic E-state index is 12.5. The summed E-state index contributed by atoms with van der Waals surface area (Å²) in [7, 11) is 1.44. The number of phenols is 1. The molecule has 0 spiro atoms. The number of halogens is 2. The third-order valence-electron chi connectivity index (χ3n) is 4.54. The quantitative estimate of drug-likeness (QED) is 0.382. The van der Waals surface area contributed by atoms with E-state index in [1.54, 1.807) is 6.07 Å². The van der Waals surface area contributed by atoms with Gasteiger partial charge >= 0.3 is 0 Å². The average Bonchev–Trinajstić information content (AvgIpc) is 2.77. The number of methoxy groups -OCH3 is 1. The van der Waals surface area contributed by atoms with E-state index in [2.05, 4.69) is 42.4 Å². The first kappa shape index (κ1) is 20.5. The molecular formula is C21H16Br2N2O5. The van der Waals surface area contributed by atoms with Crippen molar-refractivity contribution in [3.63, 3.8) is 0 Å². The minimum atomic E-state index is -0.833. The molecule has 3 aromatic rings. The SMILES string of the molecule is COc1cc(/C=N/NC(=O)[C@H]2COc3cc4ccccc4cc3O2)c(Br)c(Br)c1O. The van der Waals surface area contributed by atoms with E-state index >= 15 is 0 Å². The summed E-state index contributed by atoms with van der Waals surface area (Å²) in [6.07, 6.45) is 0.597. The van der Waals surface area contributed by atoms with Gasteiger partial charge in [0.25, 0.3) is 5.91 Å². The number of hydrazone groups is 1. The highest BCUT2D eigenvalue weighted by Gasteiger charge is 2.27. The second kappa shape index (κ2) is 8.53. The molecule has 0 saturated heterocycles. The third kappa shape index (κ3) is 3.95. The molecule has 4 rings (SSSR count). The van der Waals surface area contributed by atoms with Crippen LogP contribution in [0.3, 0.4) is 0 Å². The summed E-state index contributed by atoms with van der Waals surface area (Å²) in [5.41, 5.74) is 3.05. The molecule has 0 bridgehead atoms. The number of nitrogens with one attached hydrogen (secondary N) is 1. The molecule has 3 aromatic carbocycles. The predicted molar refractivity (Wildman–Crippen MR) is 120 cm³/mol. The summed E-state index contributed by atoms with van der Waals surface area (Å²) in [5, 5.41) is 16.0. The standard InChI is InChI=1S/C21H16Br2N2O5/c1-28-16-8-13(18(22)19(23)20(16)26)9-24-25-21(27)17-10-29-14-6-11-4-2-3-5-12(11)7-15(14)30-17/h2-9,17,26H,10H2,1H3,(H,25,27)/b24-9+/t17-/m1/s1. The zero-order valence-corrected chi connectivity index (χ0v) is 18.9. The number of phenolic OH excluding ortho intramolecular Hbond substituents is 1. The van der Waals surface area contributed by atoms with Crippen molar-refractivity contribution in [3.05, 3.63) is 57.0 Å². The van der Waals surface area contributed by atoms with Crippen LogP contribution in [-0.4, -0.2) is 37.0 Å². The second-order valence-electron chi connectivity index (χ2n) is 6.44. The third-order valence-corrected chi connectivity index (χ3v) is 6.69. The first-order valence-electron chi connectivity index (χ1n) is 8.88. The van der Waals surface area contributed by atoms with Crippen LogP contribution < -0.4 is 19.6 Å². The van der Waals surface area contributed by atoms with Crippen LogP contribution in [0, 0.1) is 0 Å². The number of hydrogen-bond donors (Lipinski definition) is 2. The molecule has 0 aliphatic carbocycles. The van der Waals surface area contributed by atoms with Gasteiger partial charge < -0.3 is 19.3 Å². The van der Waals surface area contributed by atoms with Crippen LogP contribution in [-0.2, 0) is 4.79 Å². The molecule has 1 atom stereocenters. The van der Waals surface area contributed by atoms with E-state index in [1.165, 1.54) is 13.3 Å². The Morgan fingerprint density at radius 2 is 1.90 bits per heavy atom. The Balaban J connectivity index is 1.47. The highest BCUT2D eigenvalue weighted by molar-refractivity contribution is 9.13. The van der Waals surface area contributed by atoms with Crippen molar-refractivity contribution >= 4 is 54.8 Å². The fourth-order valence-electron chi connectivity index (χ4n) is 2.98. The summed E-state index contributed by atoms with van der Waals surface area (Å²) in [4.78, 5) is 12.5. The van der Waals surface area contributed by atoms with Gasteiger partial charge in [0.1, 0.15) is 6.61 Å². The van der Waals surface area contributed by atoms with Gasteiger partial charge in [0.15, 0.2) is 23.0 Å². The molecule has 30 heavy (non-hydrogen) atoms. The van der Waals surface area contributed by atoms with Crippen LogP contribution in [0.25, 0.3) is 10.8 Å². The molecule has 154 valence electrons. The number of nitrogens with zero attached hydrogens (tertiary/aromatic N) is 1. The molecule has 1 aliphatic heterocycles. The monoisotopic (exact) mass is 534 g/mol. The van der Waals surface area contributed by atoms with E-state index in [4.69, 9.17) is 14.2 Å². The number of hydrogen-bond acceptors (Lipinski definition) is 6. The lowest BCUT2D eigenvalue weighted by Gasteiger charge is -2.25. The normalized spacial score (nSPS) is 15.4. The molecule has 0 radical (unpaired) electrons. The highest BCUT2D eigenvalue weighted by atomic mass is 79.9. The van der Waals surface area contributed by atoms with Gasteiger partial charge in [-0.1, -0.05) is 24.3 Å². The lowest BCUT2D eigenvalue weighted by Crippen LogP contribution is -2.42. The molecule has 0 saturated carbocycles. The van der Waals surface area contributed by atoms with Crippen molar-refractivity contribution < 1.29 is 24.1 Å². The van der Waals surface area contributed by atoms with Gasteiger partial charge in [-0.25, -0.2) is 5.43 Å². The summed E-state index contributed by atoms with van der Waals surface area (Å²) in [6, 6.07) is 13.2. The Morgan fingerprint density at radius 1 is 1.20 bits per heavy atom. The van der Waals surface area contributed by atoms with Crippen LogP contribution in [0.5, 0.6) is 23.0 Å². The number of rotatable bonds is 4. The van der Waals surface area contributed by atoms with Crippen molar-refractivity contribution in [2.75, 3.05) is 13.7 Å². The maximum Gasteiger partial charge on any atom is 0.284 e. The smallest absolute Gasteiger partial charge is 0.284 e. The van der Waals surface area contributed by atoms with E-state index in [0.717, 1.165) is 10.8 Å². The number of aromatic hydroxyl groups is 1. The average molecular weight is 536 g/mol. The summed E-state index contributed by atoms with van der Waals surface area (Å²) >= 11 is 6.64. The topological polar surface area (TPSA) is 89.4 Å². The first-order chi connectivity index (χ1) is 14.5. The predicted octanol–water partition coefficient (Wildman–Crippen LogP) is 4.37. The van der Waals surface area contributed by atoms with Gasteiger partial charge in [-0.05, 0) is 60.8 Å². The van der Waals surface area contributed by atoms with Gasteiger partial charge in [-0.3, -0.25) is 4.79 Å². The maximum atomic E-state index is 12.5. The van der Waals surface area contributed by atoms with Gasteiger partial charge in [-0.15, -0.1) is 0 Å². The highest BCUT2D eigenvalue weighted by Crippen LogP contribution is 2.41. The molecular weight excluding hydrogens is 520 g/mol. The first-order valence-corrected chi connectivity index (χ1v) is 10.5. The molecule has 0 unspecified atom stereocenters. The van der Waals surface area contributed by atoms with E-state index < -0.39 is 12.0 Å². The van der Waals surface area contributed by atoms with Gasteiger partial charge in [0, 0.05) is 10.0 Å². The Kier molecular flexibility index (Phi) is 5.83. The molecule has 0 fully saturated rings. The van der Waals surface area contributed by atoms with E-state index in [1.807, 2.05) is 36.4 Å². The van der Waals surface area contributed by atoms with Crippen LogP contribution in [0.1, 0.15) is 5.56 Å². The van der Waals surface area contributed by atoms with Crippen molar-refractivity contribution in [1.29, 1.82) is 0 Å². The zero-order valence-electron chi connectivity index (χ0n) is 15.7. The van der Waals surface area contributed by atoms with Crippen molar-refractivity contribution in [1.82, 2.24) is 5.43 Å². The summed E-state index contributed by atoms with van der Waals surface area (Å²) in [6.45, 7) is 0.0783. The molecule has 1 amide bonds. The second-order valence-corrected chi connectivity index (χ2v) is 8.03.